The number of furan rings is 1. The molecule has 0 aliphatic heterocycles. The molecular formula is C14H15N3O4. The number of carbonyl (C=O) groups is 2. The van der Waals surface area contributed by atoms with E-state index < -0.39 is 5.97 Å². The van der Waals surface area contributed by atoms with Crippen molar-refractivity contribution in [1.29, 1.82) is 0 Å². The molecule has 2 rings (SSSR count). The van der Waals surface area contributed by atoms with E-state index in [-0.39, 0.29) is 18.3 Å². The molecule has 2 aromatic heterocycles. The summed E-state index contributed by atoms with van der Waals surface area (Å²) >= 11 is 0. The first-order valence-electron chi connectivity index (χ1n) is 6.30. The highest BCUT2D eigenvalue weighted by molar-refractivity contribution is 5.85. The van der Waals surface area contributed by atoms with Crippen LogP contribution in [0.5, 0.6) is 0 Å². The van der Waals surface area contributed by atoms with Gasteiger partial charge in [-0.2, -0.15) is 0 Å². The van der Waals surface area contributed by atoms with Gasteiger partial charge in [-0.15, -0.1) is 0 Å². The van der Waals surface area contributed by atoms with Crippen LogP contribution in [0.15, 0.2) is 34.9 Å². The number of aromatic carboxylic acids is 1. The topological polar surface area (TPSA) is 104 Å². The quantitative estimate of drug-likeness (QED) is 0.776. The maximum absolute atomic E-state index is 11.6. The number of pyridine rings is 1. The van der Waals surface area contributed by atoms with E-state index in [4.69, 9.17) is 9.52 Å². The van der Waals surface area contributed by atoms with E-state index in [9.17, 15) is 9.59 Å². The Kier molecular flexibility index (Phi) is 4.55. The van der Waals surface area contributed by atoms with Crippen LogP contribution in [0.25, 0.3) is 0 Å². The molecule has 0 aliphatic rings. The standard InChI is InChI=1S/C14H15N3O4/c1-9-2-4-11(21-9)8-17-14(20)16-7-10-3-5-12(13(18)19)15-6-10/h2-6H,7-8H2,1H3,(H,18,19)(H2,16,17,20). The number of carboxylic acids is 1. The molecule has 0 saturated carbocycles. The molecule has 21 heavy (non-hydrogen) atoms. The van der Waals surface area contributed by atoms with Gasteiger partial charge in [-0.25, -0.2) is 14.6 Å². The van der Waals surface area contributed by atoms with Crippen LogP contribution in [-0.4, -0.2) is 22.1 Å². The molecule has 0 spiro atoms. The van der Waals surface area contributed by atoms with Crippen LogP contribution in [0.1, 0.15) is 27.6 Å². The Morgan fingerprint density at radius 2 is 1.95 bits per heavy atom. The van der Waals surface area contributed by atoms with Crippen molar-refractivity contribution in [3.63, 3.8) is 0 Å². The second kappa shape index (κ2) is 6.56. The van der Waals surface area contributed by atoms with E-state index in [0.29, 0.717) is 17.9 Å². The summed E-state index contributed by atoms with van der Waals surface area (Å²) in [5.41, 5.74) is 0.681. The maximum Gasteiger partial charge on any atom is 0.354 e. The number of amides is 2. The van der Waals surface area contributed by atoms with E-state index in [1.54, 1.807) is 12.1 Å². The third-order valence-electron chi connectivity index (χ3n) is 2.72. The van der Waals surface area contributed by atoms with E-state index >= 15 is 0 Å². The second-order valence-electron chi connectivity index (χ2n) is 4.41. The molecule has 7 heteroatoms. The van der Waals surface area contributed by atoms with Gasteiger partial charge in [-0.1, -0.05) is 6.07 Å². The van der Waals surface area contributed by atoms with Crippen molar-refractivity contribution in [3.05, 3.63) is 53.2 Å². The monoisotopic (exact) mass is 289 g/mol. The molecular weight excluding hydrogens is 274 g/mol. The molecule has 0 bridgehead atoms. The normalized spacial score (nSPS) is 10.1. The van der Waals surface area contributed by atoms with Gasteiger partial charge in [0.1, 0.15) is 17.2 Å². The highest BCUT2D eigenvalue weighted by atomic mass is 16.4. The van der Waals surface area contributed by atoms with Gasteiger partial charge in [0.2, 0.25) is 0 Å². The fraction of sp³-hybridized carbons (Fsp3) is 0.214. The first-order chi connectivity index (χ1) is 10.0. The van der Waals surface area contributed by atoms with Gasteiger partial charge >= 0.3 is 12.0 Å². The lowest BCUT2D eigenvalue weighted by atomic mass is 10.2. The molecule has 110 valence electrons. The molecule has 7 nitrogen and oxygen atoms in total. The third-order valence-corrected chi connectivity index (χ3v) is 2.72. The average molecular weight is 289 g/mol. The minimum atomic E-state index is -1.08. The number of nitrogens with one attached hydrogen (secondary N) is 2. The number of hydrogen-bond acceptors (Lipinski definition) is 4. The van der Waals surface area contributed by atoms with Crippen LogP contribution in [0.4, 0.5) is 4.79 Å². The summed E-state index contributed by atoms with van der Waals surface area (Å²) in [6.45, 7) is 2.39. The Labute approximate surface area is 121 Å². The van der Waals surface area contributed by atoms with Gasteiger partial charge in [0.15, 0.2) is 0 Å². The fourth-order valence-corrected chi connectivity index (χ4v) is 1.65. The SMILES string of the molecule is Cc1ccc(CNC(=O)NCc2ccc(C(=O)O)nc2)o1. The lowest BCUT2D eigenvalue weighted by Gasteiger charge is -2.06. The predicted molar refractivity (Wildman–Crippen MR) is 73.7 cm³/mol. The molecule has 0 radical (unpaired) electrons. The van der Waals surface area contributed by atoms with Crippen LogP contribution in [0.3, 0.4) is 0 Å². The summed E-state index contributed by atoms with van der Waals surface area (Å²) in [6, 6.07) is 6.27. The number of rotatable bonds is 5. The summed E-state index contributed by atoms with van der Waals surface area (Å²) in [4.78, 5) is 26.0. The van der Waals surface area contributed by atoms with Crippen LogP contribution in [0.2, 0.25) is 0 Å². The van der Waals surface area contributed by atoms with Crippen molar-refractivity contribution < 1.29 is 19.1 Å². The zero-order valence-electron chi connectivity index (χ0n) is 11.4. The van der Waals surface area contributed by atoms with Gasteiger partial charge in [0.25, 0.3) is 0 Å². The number of carboxylic acid groups (broad SMARTS) is 1. The highest BCUT2D eigenvalue weighted by Gasteiger charge is 2.05. The smallest absolute Gasteiger partial charge is 0.354 e. The molecule has 0 saturated heterocycles. The summed E-state index contributed by atoms with van der Waals surface area (Å²) in [5.74, 6) is 0.382. The molecule has 0 unspecified atom stereocenters. The van der Waals surface area contributed by atoms with Crippen molar-refractivity contribution in [2.24, 2.45) is 0 Å². The molecule has 2 amide bonds. The van der Waals surface area contributed by atoms with Crippen LogP contribution < -0.4 is 10.6 Å². The first-order valence-corrected chi connectivity index (χ1v) is 6.30. The van der Waals surface area contributed by atoms with Crippen LogP contribution >= 0.6 is 0 Å². The third kappa shape index (κ3) is 4.34. The second-order valence-corrected chi connectivity index (χ2v) is 4.41. The number of aromatic nitrogens is 1. The van der Waals surface area contributed by atoms with Crippen LogP contribution in [0, 0.1) is 6.92 Å². The summed E-state index contributed by atoms with van der Waals surface area (Å²) in [6.07, 6.45) is 1.42. The largest absolute Gasteiger partial charge is 0.477 e. The zero-order valence-corrected chi connectivity index (χ0v) is 11.4. The van der Waals surface area contributed by atoms with Crippen molar-refractivity contribution in [2.75, 3.05) is 0 Å². The molecule has 0 aromatic carbocycles. The number of hydrogen-bond donors (Lipinski definition) is 3. The maximum atomic E-state index is 11.6. The Balaban J connectivity index is 1.77. The Morgan fingerprint density at radius 3 is 2.52 bits per heavy atom. The van der Waals surface area contributed by atoms with Gasteiger partial charge in [0.05, 0.1) is 6.54 Å². The van der Waals surface area contributed by atoms with Crippen molar-refractivity contribution in [2.45, 2.75) is 20.0 Å². The van der Waals surface area contributed by atoms with Crippen molar-refractivity contribution >= 4 is 12.0 Å². The highest BCUT2D eigenvalue weighted by Crippen LogP contribution is 2.05. The van der Waals surface area contributed by atoms with E-state index in [0.717, 1.165) is 5.76 Å². The van der Waals surface area contributed by atoms with Crippen LogP contribution in [-0.2, 0) is 13.1 Å². The Hall–Kier alpha value is -2.83. The molecule has 2 aromatic rings. The number of aryl methyl sites for hydroxylation is 1. The van der Waals surface area contributed by atoms with Gasteiger partial charge in [0, 0.05) is 12.7 Å². The lowest BCUT2D eigenvalue weighted by molar-refractivity contribution is 0.0690. The van der Waals surface area contributed by atoms with Gasteiger partial charge in [-0.05, 0) is 30.7 Å². The van der Waals surface area contributed by atoms with Gasteiger partial charge in [-0.3, -0.25) is 0 Å². The summed E-state index contributed by atoms with van der Waals surface area (Å²) in [7, 11) is 0. The van der Waals surface area contributed by atoms with E-state index in [1.807, 2.05) is 13.0 Å². The van der Waals surface area contributed by atoms with Crippen molar-refractivity contribution in [1.82, 2.24) is 15.6 Å². The summed E-state index contributed by atoms with van der Waals surface area (Å²) in [5, 5.41) is 14.0. The van der Waals surface area contributed by atoms with E-state index in [2.05, 4.69) is 15.6 Å². The zero-order chi connectivity index (χ0) is 15.2. The number of carbonyl (C=O) groups excluding carboxylic acids is 1. The molecule has 3 N–H and O–H groups in total. The van der Waals surface area contributed by atoms with Crippen molar-refractivity contribution in [3.8, 4) is 0 Å². The summed E-state index contributed by atoms with van der Waals surface area (Å²) < 4.78 is 5.32. The molecule has 2 heterocycles. The fourth-order valence-electron chi connectivity index (χ4n) is 1.65. The Morgan fingerprint density at radius 1 is 1.19 bits per heavy atom. The Bertz CT molecular complexity index is 634. The van der Waals surface area contributed by atoms with E-state index in [1.165, 1.54) is 12.3 Å². The minimum absolute atomic E-state index is 0.0311. The molecule has 0 atom stereocenters. The van der Waals surface area contributed by atoms with Gasteiger partial charge < -0.3 is 20.2 Å². The molecule has 0 aliphatic carbocycles. The predicted octanol–water partition coefficient (Wildman–Crippen LogP) is 1.68. The first kappa shape index (κ1) is 14.6. The average Bonchev–Trinajstić information content (AvgIpc) is 2.89. The molecule has 0 fully saturated rings. The number of urea groups is 1. The minimum Gasteiger partial charge on any atom is -0.477 e. The lowest BCUT2D eigenvalue weighted by Crippen LogP contribution is -2.34. The number of nitrogens with zero attached hydrogens (tertiary/aromatic N) is 1.